The van der Waals surface area contributed by atoms with E-state index >= 15 is 0 Å². The van der Waals surface area contributed by atoms with Crippen LogP contribution in [0.4, 0.5) is 5.82 Å². The van der Waals surface area contributed by atoms with Gasteiger partial charge in [0.2, 0.25) is 0 Å². The predicted molar refractivity (Wildman–Crippen MR) is 154 cm³/mol. The van der Waals surface area contributed by atoms with Gasteiger partial charge in [-0.2, -0.15) is 0 Å². The molecule has 3 aromatic rings. The van der Waals surface area contributed by atoms with Gasteiger partial charge in [0, 0.05) is 18.5 Å². The van der Waals surface area contributed by atoms with E-state index in [1.807, 2.05) is 30.3 Å². The van der Waals surface area contributed by atoms with E-state index in [0.717, 1.165) is 17.3 Å². The van der Waals surface area contributed by atoms with E-state index in [1.165, 1.54) is 6.33 Å². The number of carbonyl (C=O) groups is 1. The Morgan fingerprint density at radius 2 is 1.98 bits per heavy atom. The smallest absolute Gasteiger partial charge is 0.395 e. The fraction of sp³-hybridized carbons (Fsp3) is 0.500. The molecule has 1 saturated heterocycles. The van der Waals surface area contributed by atoms with Crippen molar-refractivity contribution in [1.82, 2.24) is 19.6 Å². The van der Waals surface area contributed by atoms with Crippen LogP contribution >= 0.6 is 19.5 Å². The van der Waals surface area contributed by atoms with Gasteiger partial charge in [0.25, 0.3) is 0 Å². The third-order valence-corrected chi connectivity index (χ3v) is 9.63. The summed E-state index contributed by atoms with van der Waals surface area (Å²) < 4.78 is 32.7. The molecule has 0 radical (unpaired) electrons. The Labute approximate surface area is 242 Å². The highest BCUT2D eigenvalue weighted by molar-refractivity contribution is 8.13. The van der Waals surface area contributed by atoms with E-state index in [1.54, 1.807) is 37.6 Å². The predicted octanol–water partition coefficient (Wildman–Crippen LogP) is 2.02. The summed E-state index contributed by atoms with van der Waals surface area (Å²) in [6, 6.07) is 10.9. The van der Waals surface area contributed by atoms with Crippen LogP contribution in [-0.2, 0) is 35.4 Å². The molecule has 2 unspecified atom stereocenters. The summed E-state index contributed by atoms with van der Waals surface area (Å²) in [6.07, 6.45) is -0.950. The van der Waals surface area contributed by atoms with Crippen LogP contribution in [0.2, 0.25) is 0 Å². The highest BCUT2D eigenvalue weighted by Crippen LogP contribution is 2.46. The van der Waals surface area contributed by atoms with Gasteiger partial charge < -0.3 is 30.4 Å². The first-order valence-corrected chi connectivity index (χ1v) is 15.5. The van der Waals surface area contributed by atoms with Crippen molar-refractivity contribution in [2.45, 2.75) is 51.4 Å². The second-order valence-electron chi connectivity index (χ2n) is 10.5. The molecule has 0 spiro atoms. The largest absolute Gasteiger partial charge is 0.405 e. The first kappa shape index (κ1) is 31.5. The van der Waals surface area contributed by atoms with E-state index < -0.39 is 37.2 Å². The minimum Gasteiger partial charge on any atom is -0.395 e. The van der Waals surface area contributed by atoms with Crippen LogP contribution in [0, 0.1) is 5.41 Å². The number of nitrogen functional groups attached to an aromatic ring is 1. The van der Waals surface area contributed by atoms with E-state index in [-0.39, 0.29) is 43.1 Å². The van der Waals surface area contributed by atoms with Crippen molar-refractivity contribution in [3.05, 3.63) is 54.5 Å². The Morgan fingerprint density at radius 1 is 1.24 bits per heavy atom. The van der Waals surface area contributed by atoms with Crippen LogP contribution in [0.3, 0.4) is 0 Å². The lowest BCUT2D eigenvalue weighted by molar-refractivity contribution is -0.131. The molecular formula is C26H36N5O8PS. The number of fused-ring (bicyclic) bond motifs is 1. The monoisotopic (exact) mass is 609 g/mol. The first-order chi connectivity index (χ1) is 19.4. The van der Waals surface area contributed by atoms with Crippen molar-refractivity contribution < 1.29 is 38.5 Å². The van der Waals surface area contributed by atoms with Gasteiger partial charge in [-0.25, -0.2) is 19.6 Å². The standard InChI is InChI=1S/C26H36N5O8PS/c1-25(2,15-32)24(35)41-12-11-37-40(36,30-13-17-7-5-4-6-8-17)38-14-19-20(33)21(34)26(3,39-19)31-10-9-18-22(27)28-16-29-23(18)31/h4-10,16,19-21,32-34H,11-15H2,1-3H3,(H,30,36)(H2,27,28,29)/t19-,20?,21+,26+,40?/m1/s1. The number of rotatable bonds is 13. The van der Waals surface area contributed by atoms with Crippen LogP contribution in [-0.4, -0.2) is 78.9 Å². The van der Waals surface area contributed by atoms with Crippen LogP contribution in [0.5, 0.6) is 0 Å². The molecule has 3 heterocycles. The molecule has 2 aromatic heterocycles. The number of nitrogens with two attached hydrogens (primary N) is 1. The number of anilines is 1. The van der Waals surface area contributed by atoms with E-state index in [0.29, 0.717) is 11.0 Å². The SMILES string of the molecule is CC(C)(CO)C(=O)SCCOP(=O)(NCc1ccccc1)OC[C@H]1O[C@](C)(n2ccc3c(N)ncnc32)[C@@H](O)C1O. The van der Waals surface area contributed by atoms with Gasteiger partial charge >= 0.3 is 7.75 Å². The highest BCUT2D eigenvalue weighted by Gasteiger charge is 2.53. The average molecular weight is 610 g/mol. The number of hydrogen-bond acceptors (Lipinski definition) is 12. The number of aliphatic hydroxyl groups excluding tert-OH is 3. The number of aliphatic hydroxyl groups is 3. The van der Waals surface area contributed by atoms with Gasteiger partial charge in [-0.15, -0.1) is 0 Å². The van der Waals surface area contributed by atoms with Gasteiger partial charge in [-0.1, -0.05) is 42.1 Å². The summed E-state index contributed by atoms with van der Waals surface area (Å²) in [5.41, 5.74) is 4.81. The number of nitrogens with one attached hydrogen (secondary N) is 1. The third-order valence-electron chi connectivity index (χ3n) is 6.89. The number of carbonyl (C=O) groups excluding carboxylic acids is 1. The Hall–Kier alpha value is -2.39. The van der Waals surface area contributed by atoms with Gasteiger partial charge in [-0.3, -0.25) is 13.8 Å². The number of benzene rings is 1. The molecule has 41 heavy (non-hydrogen) atoms. The quantitative estimate of drug-likeness (QED) is 0.140. The van der Waals surface area contributed by atoms with Gasteiger partial charge in [-0.05, 0) is 32.4 Å². The normalized spacial score (nSPS) is 24.5. The number of aromatic nitrogens is 3. The van der Waals surface area contributed by atoms with Gasteiger partial charge in [0.1, 0.15) is 36.1 Å². The Balaban J connectivity index is 1.44. The zero-order valence-electron chi connectivity index (χ0n) is 23.0. The Morgan fingerprint density at radius 3 is 2.68 bits per heavy atom. The molecule has 0 saturated carbocycles. The first-order valence-electron chi connectivity index (χ1n) is 13.0. The molecule has 6 N–H and O–H groups in total. The fourth-order valence-corrected chi connectivity index (χ4v) is 6.50. The maximum absolute atomic E-state index is 13.7. The lowest BCUT2D eigenvalue weighted by Crippen LogP contribution is -2.43. The lowest BCUT2D eigenvalue weighted by atomic mass is 9.97. The molecule has 15 heteroatoms. The topological polar surface area (TPSA) is 191 Å². The van der Waals surface area contributed by atoms with Crippen LogP contribution in [0.1, 0.15) is 26.3 Å². The van der Waals surface area contributed by atoms with Crippen LogP contribution in [0.15, 0.2) is 48.9 Å². The average Bonchev–Trinajstić information content (AvgIpc) is 3.50. The fourth-order valence-electron chi connectivity index (χ4n) is 4.26. The molecule has 1 fully saturated rings. The van der Waals surface area contributed by atoms with E-state index in [9.17, 15) is 24.7 Å². The summed E-state index contributed by atoms with van der Waals surface area (Å²) in [6.45, 7) is 4.23. The maximum atomic E-state index is 13.7. The summed E-state index contributed by atoms with van der Waals surface area (Å²) in [5, 5.41) is 34.4. The zero-order valence-corrected chi connectivity index (χ0v) is 24.8. The second kappa shape index (κ2) is 12.9. The van der Waals surface area contributed by atoms with Crippen molar-refractivity contribution in [1.29, 1.82) is 0 Å². The van der Waals surface area contributed by atoms with E-state index in [2.05, 4.69) is 15.1 Å². The van der Waals surface area contributed by atoms with Crippen molar-refractivity contribution in [3.63, 3.8) is 0 Å². The molecule has 5 atom stereocenters. The number of ether oxygens (including phenoxy) is 1. The summed E-state index contributed by atoms with van der Waals surface area (Å²) >= 11 is 0.959. The van der Waals surface area contributed by atoms with Crippen molar-refractivity contribution in [2.75, 3.05) is 31.3 Å². The summed E-state index contributed by atoms with van der Waals surface area (Å²) in [5.74, 6) is 0.431. The molecule has 1 aromatic carbocycles. The molecule has 4 rings (SSSR count). The Kier molecular flexibility index (Phi) is 9.89. The van der Waals surface area contributed by atoms with Crippen LogP contribution in [0.25, 0.3) is 11.0 Å². The Bertz CT molecular complexity index is 1390. The molecule has 1 aliphatic rings. The number of nitrogens with zero attached hydrogens (tertiary/aromatic N) is 3. The van der Waals surface area contributed by atoms with Crippen molar-refractivity contribution >= 4 is 41.5 Å². The molecule has 0 aliphatic carbocycles. The van der Waals surface area contributed by atoms with Crippen molar-refractivity contribution in [3.8, 4) is 0 Å². The summed E-state index contributed by atoms with van der Waals surface area (Å²) in [4.78, 5) is 20.5. The minimum absolute atomic E-state index is 0.0954. The molecule has 13 nitrogen and oxygen atoms in total. The molecular weight excluding hydrogens is 573 g/mol. The molecule has 224 valence electrons. The number of hydrogen-bond donors (Lipinski definition) is 5. The minimum atomic E-state index is -3.98. The van der Waals surface area contributed by atoms with Crippen molar-refractivity contribution in [2.24, 2.45) is 5.41 Å². The molecule has 1 aliphatic heterocycles. The van der Waals surface area contributed by atoms with Crippen LogP contribution < -0.4 is 10.8 Å². The third kappa shape index (κ3) is 6.99. The highest BCUT2D eigenvalue weighted by atomic mass is 32.2. The second-order valence-corrected chi connectivity index (χ2v) is 13.3. The molecule has 0 amide bonds. The summed E-state index contributed by atoms with van der Waals surface area (Å²) in [7, 11) is -3.98. The molecule has 0 bridgehead atoms. The maximum Gasteiger partial charge on any atom is 0.405 e. The zero-order chi connectivity index (χ0) is 29.8. The van der Waals surface area contributed by atoms with E-state index in [4.69, 9.17) is 19.5 Å². The van der Waals surface area contributed by atoms with Gasteiger partial charge in [0.05, 0.1) is 30.6 Å². The lowest BCUT2D eigenvalue weighted by Gasteiger charge is -2.30. The van der Waals surface area contributed by atoms with Gasteiger partial charge in [0.15, 0.2) is 10.8 Å². The number of thioether (sulfide) groups is 1.